The first-order valence-electron chi connectivity index (χ1n) is 6.03. The molecule has 0 unspecified atom stereocenters. The summed E-state index contributed by atoms with van der Waals surface area (Å²) < 4.78 is 0. The second-order valence-electron chi connectivity index (χ2n) is 4.20. The maximum atomic E-state index is 11.8. The number of nitrogens with zero attached hydrogens (tertiary/aromatic N) is 2. The van der Waals surface area contributed by atoms with Crippen LogP contribution >= 0.6 is 11.8 Å². The average Bonchev–Trinajstić information content (AvgIpc) is 2.47. The van der Waals surface area contributed by atoms with Crippen LogP contribution in [0.15, 0.2) is 47.6 Å². The second-order valence-corrected chi connectivity index (χ2v) is 5.20. The molecule has 0 aliphatic heterocycles. The van der Waals surface area contributed by atoms with E-state index in [0.717, 1.165) is 10.6 Å². The van der Waals surface area contributed by atoms with Gasteiger partial charge in [0.05, 0.1) is 22.4 Å². The van der Waals surface area contributed by atoms with Gasteiger partial charge in [-0.3, -0.25) is 4.79 Å². The number of amides is 1. The summed E-state index contributed by atoms with van der Waals surface area (Å²) in [4.78, 5) is 16.0. The molecule has 4 nitrogen and oxygen atoms in total. The highest BCUT2D eigenvalue weighted by molar-refractivity contribution is 7.99. The van der Waals surface area contributed by atoms with Crippen LogP contribution in [-0.2, 0) is 4.79 Å². The molecule has 20 heavy (non-hydrogen) atoms. The first-order chi connectivity index (χ1) is 9.67. The summed E-state index contributed by atoms with van der Waals surface area (Å²) in [6.45, 7) is 1.97. The number of carbonyl (C=O) groups is 1. The van der Waals surface area contributed by atoms with E-state index in [0.29, 0.717) is 11.3 Å². The summed E-state index contributed by atoms with van der Waals surface area (Å²) in [6.07, 6.45) is 1.77. The van der Waals surface area contributed by atoms with Gasteiger partial charge in [-0.05, 0) is 36.8 Å². The lowest BCUT2D eigenvalue weighted by Gasteiger charge is -2.05. The number of aromatic nitrogens is 1. The zero-order chi connectivity index (χ0) is 14.4. The Morgan fingerprint density at radius 1 is 1.40 bits per heavy atom. The third-order valence-electron chi connectivity index (χ3n) is 2.51. The molecule has 1 aromatic carbocycles. The molecule has 0 bridgehead atoms. The van der Waals surface area contributed by atoms with Gasteiger partial charge in [0.25, 0.3) is 0 Å². The maximum Gasteiger partial charge on any atom is 0.234 e. The zero-order valence-corrected chi connectivity index (χ0v) is 11.8. The van der Waals surface area contributed by atoms with Crippen LogP contribution in [0.1, 0.15) is 11.1 Å². The molecule has 0 spiro atoms. The first-order valence-corrected chi connectivity index (χ1v) is 7.01. The van der Waals surface area contributed by atoms with E-state index in [1.54, 1.807) is 30.5 Å². The molecule has 0 saturated heterocycles. The summed E-state index contributed by atoms with van der Waals surface area (Å²) in [6, 6.07) is 12.7. The predicted octanol–water partition coefficient (Wildman–Crippen LogP) is 2.99. The molecular weight excluding hydrogens is 270 g/mol. The molecule has 0 atom stereocenters. The lowest BCUT2D eigenvalue weighted by atomic mass is 10.2. The van der Waals surface area contributed by atoms with E-state index in [-0.39, 0.29) is 11.7 Å². The van der Waals surface area contributed by atoms with Gasteiger partial charge in [-0.25, -0.2) is 4.98 Å². The van der Waals surface area contributed by atoms with Gasteiger partial charge in [0.15, 0.2) is 0 Å². The fraction of sp³-hybridized carbons (Fsp3) is 0.133. The van der Waals surface area contributed by atoms with E-state index in [4.69, 9.17) is 5.26 Å². The molecule has 2 rings (SSSR count). The van der Waals surface area contributed by atoms with E-state index >= 15 is 0 Å². The van der Waals surface area contributed by atoms with Crippen molar-refractivity contribution in [2.75, 3.05) is 11.1 Å². The zero-order valence-electron chi connectivity index (χ0n) is 11.0. The van der Waals surface area contributed by atoms with Crippen molar-refractivity contribution in [1.82, 2.24) is 4.98 Å². The molecule has 1 aromatic heterocycles. The Kier molecular flexibility index (Phi) is 4.75. The van der Waals surface area contributed by atoms with Gasteiger partial charge >= 0.3 is 0 Å². The quantitative estimate of drug-likeness (QED) is 0.876. The Balaban J connectivity index is 1.89. The van der Waals surface area contributed by atoms with Crippen molar-refractivity contribution in [1.29, 1.82) is 5.26 Å². The Labute approximate surface area is 121 Å². The molecule has 0 radical (unpaired) electrons. The molecule has 5 heteroatoms. The number of carbonyl (C=O) groups excluding carboxylic acids is 1. The fourth-order valence-electron chi connectivity index (χ4n) is 1.54. The van der Waals surface area contributed by atoms with Gasteiger partial charge in [-0.2, -0.15) is 5.26 Å². The van der Waals surface area contributed by atoms with Crippen LogP contribution in [0.4, 0.5) is 5.69 Å². The summed E-state index contributed by atoms with van der Waals surface area (Å²) in [7, 11) is 0. The monoisotopic (exact) mass is 283 g/mol. The first kappa shape index (κ1) is 14.1. The molecule has 2 aromatic rings. The van der Waals surface area contributed by atoms with Crippen molar-refractivity contribution in [2.45, 2.75) is 11.9 Å². The van der Waals surface area contributed by atoms with Crippen molar-refractivity contribution >= 4 is 23.4 Å². The Hall–Kier alpha value is -2.32. The van der Waals surface area contributed by atoms with Crippen molar-refractivity contribution in [3.8, 4) is 6.07 Å². The van der Waals surface area contributed by atoms with Gasteiger partial charge in [-0.1, -0.05) is 23.9 Å². The number of pyridine rings is 1. The van der Waals surface area contributed by atoms with Crippen molar-refractivity contribution < 1.29 is 4.79 Å². The third kappa shape index (κ3) is 4.11. The Bertz CT molecular complexity index is 647. The summed E-state index contributed by atoms with van der Waals surface area (Å²) in [5.41, 5.74) is 2.24. The van der Waals surface area contributed by atoms with Crippen LogP contribution < -0.4 is 5.32 Å². The highest BCUT2D eigenvalue weighted by Crippen LogP contribution is 2.16. The number of rotatable bonds is 4. The van der Waals surface area contributed by atoms with E-state index < -0.39 is 0 Å². The second kappa shape index (κ2) is 6.73. The Morgan fingerprint density at radius 2 is 2.25 bits per heavy atom. The normalized spacial score (nSPS) is 9.80. The smallest absolute Gasteiger partial charge is 0.234 e. The van der Waals surface area contributed by atoms with Gasteiger partial charge in [0.1, 0.15) is 0 Å². The predicted molar refractivity (Wildman–Crippen MR) is 79.5 cm³/mol. The summed E-state index contributed by atoms with van der Waals surface area (Å²) in [5, 5.41) is 12.4. The molecule has 0 aliphatic rings. The van der Waals surface area contributed by atoms with Gasteiger partial charge in [0, 0.05) is 11.9 Å². The van der Waals surface area contributed by atoms with E-state index in [9.17, 15) is 4.79 Å². The number of hydrogen-bond donors (Lipinski definition) is 1. The van der Waals surface area contributed by atoms with Crippen LogP contribution in [0.5, 0.6) is 0 Å². The minimum Gasteiger partial charge on any atom is -0.325 e. The lowest BCUT2D eigenvalue weighted by molar-refractivity contribution is -0.113. The molecular formula is C15H13N3OS. The highest BCUT2D eigenvalue weighted by atomic mass is 32.2. The van der Waals surface area contributed by atoms with Crippen molar-refractivity contribution in [3.05, 3.63) is 53.7 Å². The SMILES string of the molecule is Cc1ccc(SCC(=O)Nc2cccc(C#N)c2)nc1. The number of nitriles is 1. The summed E-state index contributed by atoms with van der Waals surface area (Å²) in [5.74, 6) is 0.166. The van der Waals surface area contributed by atoms with Crippen LogP contribution in [0.3, 0.4) is 0 Å². The third-order valence-corrected chi connectivity index (χ3v) is 3.45. The fourth-order valence-corrected chi connectivity index (χ4v) is 2.19. The lowest BCUT2D eigenvalue weighted by Crippen LogP contribution is -2.14. The Morgan fingerprint density at radius 3 is 2.95 bits per heavy atom. The molecule has 0 saturated carbocycles. The van der Waals surface area contributed by atoms with Crippen LogP contribution in [0.25, 0.3) is 0 Å². The molecule has 1 N–H and O–H groups in total. The van der Waals surface area contributed by atoms with Crippen molar-refractivity contribution in [2.24, 2.45) is 0 Å². The van der Waals surface area contributed by atoms with Crippen LogP contribution in [-0.4, -0.2) is 16.6 Å². The number of anilines is 1. The maximum absolute atomic E-state index is 11.8. The van der Waals surface area contributed by atoms with Gasteiger partial charge in [-0.15, -0.1) is 0 Å². The minimum atomic E-state index is -0.118. The molecule has 1 heterocycles. The van der Waals surface area contributed by atoms with E-state index in [2.05, 4.69) is 10.3 Å². The topological polar surface area (TPSA) is 65.8 Å². The van der Waals surface area contributed by atoms with Crippen LogP contribution in [0.2, 0.25) is 0 Å². The van der Waals surface area contributed by atoms with Gasteiger partial charge in [0.2, 0.25) is 5.91 Å². The highest BCUT2D eigenvalue weighted by Gasteiger charge is 2.05. The summed E-state index contributed by atoms with van der Waals surface area (Å²) >= 11 is 1.38. The van der Waals surface area contributed by atoms with Gasteiger partial charge < -0.3 is 5.32 Å². The van der Waals surface area contributed by atoms with E-state index in [1.807, 2.05) is 25.1 Å². The molecule has 1 amide bonds. The number of thioether (sulfide) groups is 1. The minimum absolute atomic E-state index is 0.118. The number of nitrogens with one attached hydrogen (secondary N) is 1. The standard InChI is InChI=1S/C15H13N3OS/c1-11-5-6-15(17-9-11)20-10-14(19)18-13-4-2-3-12(7-13)8-16/h2-7,9H,10H2,1H3,(H,18,19). The molecule has 100 valence electrons. The van der Waals surface area contributed by atoms with Crippen molar-refractivity contribution in [3.63, 3.8) is 0 Å². The van der Waals surface area contributed by atoms with Crippen LogP contribution in [0, 0.1) is 18.3 Å². The average molecular weight is 283 g/mol. The molecule has 0 fully saturated rings. The molecule has 0 aliphatic carbocycles. The number of benzene rings is 1. The van der Waals surface area contributed by atoms with E-state index in [1.165, 1.54) is 11.8 Å². The number of hydrogen-bond acceptors (Lipinski definition) is 4. The largest absolute Gasteiger partial charge is 0.325 e. The number of aryl methyl sites for hydroxylation is 1.